The standard InChI is InChI=1S/C20H23N3O4.C5H10O2/c24-17(25)13-26-12-6-3-9-16-21-18-14-7-1-2-8-15(14)27-19(18)20(22-16)23-10-4-5-11-23;1-5(2,3)7-4-6/h1-2,7-8H,3-6,9-13H2,(H,24,25);4H,1-3H3. The van der Waals surface area contributed by atoms with Crippen molar-refractivity contribution in [1.82, 2.24) is 9.97 Å². The summed E-state index contributed by atoms with van der Waals surface area (Å²) in [5.74, 6) is 0.755. The predicted molar refractivity (Wildman–Crippen MR) is 129 cm³/mol. The molecule has 0 radical (unpaired) electrons. The molecule has 34 heavy (non-hydrogen) atoms. The van der Waals surface area contributed by atoms with E-state index in [-0.39, 0.29) is 12.2 Å². The third kappa shape index (κ3) is 7.15. The topological polar surface area (TPSA) is 115 Å². The van der Waals surface area contributed by atoms with Gasteiger partial charge >= 0.3 is 5.97 Å². The normalized spacial score (nSPS) is 13.7. The molecule has 4 rings (SSSR count). The lowest BCUT2D eigenvalue weighted by Gasteiger charge is -2.17. The van der Waals surface area contributed by atoms with Crippen LogP contribution in [0.4, 0.5) is 5.82 Å². The third-order valence-corrected chi connectivity index (χ3v) is 5.22. The molecule has 9 heteroatoms. The molecule has 1 aromatic carbocycles. The van der Waals surface area contributed by atoms with E-state index in [1.54, 1.807) is 0 Å². The minimum absolute atomic E-state index is 0.247. The minimum atomic E-state index is -0.939. The van der Waals surface area contributed by atoms with Gasteiger partial charge < -0.3 is 23.9 Å². The molecule has 3 aromatic rings. The molecule has 184 valence electrons. The van der Waals surface area contributed by atoms with E-state index < -0.39 is 5.97 Å². The maximum atomic E-state index is 10.5. The number of nitrogens with zero attached hydrogens (tertiary/aromatic N) is 3. The van der Waals surface area contributed by atoms with Crippen LogP contribution in [0.15, 0.2) is 28.7 Å². The van der Waals surface area contributed by atoms with Crippen molar-refractivity contribution in [3.63, 3.8) is 0 Å². The highest BCUT2D eigenvalue weighted by Crippen LogP contribution is 2.34. The monoisotopic (exact) mass is 471 g/mol. The van der Waals surface area contributed by atoms with E-state index in [9.17, 15) is 9.59 Å². The van der Waals surface area contributed by atoms with E-state index in [0.29, 0.717) is 13.1 Å². The van der Waals surface area contributed by atoms with Crippen LogP contribution in [-0.2, 0) is 25.5 Å². The zero-order valence-electron chi connectivity index (χ0n) is 20.1. The quantitative estimate of drug-likeness (QED) is 0.359. The maximum Gasteiger partial charge on any atom is 0.329 e. The maximum absolute atomic E-state index is 10.5. The second-order valence-corrected chi connectivity index (χ2v) is 9.16. The molecule has 0 atom stereocenters. The molecular formula is C25H33N3O6. The molecule has 0 amide bonds. The molecule has 3 heterocycles. The van der Waals surface area contributed by atoms with Gasteiger partial charge in [-0.1, -0.05) is 12.1 Å². The Morgan fingerprint density at radius 1 is 1.18 bits per heavy atom. The van der Waals surface area contributed by atoms with E-state index >= 15 is 0 Å². The zero-order chi connectivity index (χ0) is 24.6. The molecule has 0 spiro atoms. The van der Waals surface area contributed by atoms with Gasteiger partial charge in [0.25, 0.3) is 6.47 Å². The molecule has 9 nitrogen and oxygen atoms in total. The Hall–Kier alpha value is -3.20. The van der Waals surface area contributed by atoms with Crippen molar-refractivity contribution < 1.29 is 28.6 Å². The van der Waals surface area contributed by atoms with Gasteiger partial charge in [-0.25, -0.2) is 14.8 Å². The number of para-hydroxylation sites is 1. The minimum Gasteiger partial charge on any atom is -0.480 e. The Bertz CT molecular complexity index is 1100. The van der Waals surface area contributed by atoms with Gasteiger partial charge in [0.1, 0.15) is 29.1 Å². The van der Waals surface area contributed by atoms with Crippen LogP contribution in [0.1, 0.15) is 52.3 Å². The van der Waals surface area contributed by atoms with Crippen LogP contribution in [-0.4, -0.2) is 59.4 Å². The molecule has 0 unspecified atom stereocenters. The number of benzene rings is 1. The Balaban J connectivity index is 0.000000406. The number of aromatic nitrogens is 2. The first-order valence-corrected chi connectivity index (χ1v) is 11.6. The molecule has 1 saturated heterocycles. The summed E-state index contributed by atoms with van der Waals surface area (Å²) in [7, 11) is 0. The largest absolute Gasteiger partial charge is 0.480 e. The summed E-state index contributed by atoms with van der Waals surface area (Å²) in [5.41, 5.74) is 2.16. The van der Waals surface area contributed by atoms with E-state index in [4.69, 9.17) is 24.2 Å². The Morgan fingerprint density at radius 3 is 2.56 bits per heavy atom. The number of carbonyl (C=O) groups is 2. The average Bonchev–Trinajstić information content (AvgIpc) is 3.43. The Kier molecular flexibility index (Phi) is 8.81. The molecule has 1 N–H and O–H groups in total. The van der Waals surface area contributed by atoms with Gasteiger partial charge in [-0.2, -0.15) is 0 Å². The fraction of sp³-hybridized carbons (Fsp3) is 0.520. The number of hydrogen-bond donors (Lipinski definition) is 1. The predicted octanol–water partition coefficient (Wildman–Crippen LogP) is 4.36. The van der Waals surface area contributed by atoms with Gasteiger partial charge in [0.05, 0.1) is 0 Å². The van der Waals surface area contributed by atoms with Crippen LogP contribution in [0, 0.1) is 0 Å². The smallest absolute Gasteiger partial charge is 0.329 e. The highest BCUT2D eigenvalue weighted by Gasteiger charge is 2.22. The van der Waals surface area contributed by atoms with Crippen molar-refractivity contribution in [3.05, 3.63) is 30.1 Å². The van der Waals surface area contributed by atoms with Crippen LogP contribution in [0.3, 0.4) is 0 Å². The van der Waals surface area contributed by atoms with Crippen LogP contribution < -0.4 is 4.90 Å². The lowest BCUT2D eigenvalue weighted by atomic mass is 10.2. The molecule has 0 saturated carbocycles. The Labute approximate surface area is 199 Å². The number of carboxylic acid groups (broad SMARTS) is 1. The number of fused-ring (bicyclic) bond motifs is 3. The van der Waals surface area contributed by atoms with Crippen LogP contribution >= 0.6 is 0 Å². The summed E-state index contributed by atoms with van der Waals surface area (Å²) in [6.07, 6.45) is 4.69. The molecule has 1 aliphatic heterocycles. The summed E-state index contributed by atoms with van der Waals surface area (Å²) >= 11 is 0. The summed E-state index contributed by atoms with van der Waals surface area (Å²) in [4.78, 5) is 31.9. The van der Waals surface area contributed by atoms with E-state index in [1.807, 2.05) is 45.0 Å². The van der Waals surface area contributed by atoms with Crippen LogP contribution in [0.2, 0.25) is 0 Å². The van der Waals surface area contributed by atoms with Gasteiger partial charge in [-0.05, 0) is 58.6 Å². The summed E-state index contributed by atoms with van der Waals surface area (Å²) in [6.45, 7) is 8.09. The number of aliphatic carboxylic acids is 1. The summed E-state index contributed by atoms with van der Waals surface area (Å²) in [6, 6.07) is 7.95. The number of unbranched alkanes of at least 4 members (excludes halogenated alkanes) is 1. The molecule has 0 bridgehead atoms. The van der Waals surface area contributed by atoms with Crippen LogP contribution in [0.25, 0.3) is 22.1 Å². The summed E-state index contributed by atoms with van der Waals surface area (Å²) in [5, 5.41) is 9.61. The first-order chi connectivity index (χ1) is 16.3. The highest BCUT2D eigenvalue weighted by atomic mass is 16.5. The third-order valence-electron chi connectivity index (χ3n) is 5.22. The van der Waals surface area contributed by atoms with Gasteiger partial charge in [0.15, 0.2) is 11.4 Å². The van der Waals surface area contributed by atoms with Crippen molar-refractivity contribution in [3.8, 4) is 0 Å². The number of rotatable bonds is 9. The lowest BCUT2D eigenvalue weighted by molar-refractivity contribution is -0.142. The zero-order valence-corrected chi connectivity index (χ0v) is 20.1. The molecule has 1 fully saturated rings. The van der Waals surface area contributed by atoms with Crippen molar-refractivity contribution >= 4 is 40.3 Å². The highest BCUT2D eigenvalue weighted by molar-refractivity contribution is 6.05. The number of furan rings is 1. The Morgan fingerprint density at radius 2 is 1.91 bits per heavy atom. The SMILES string of the molecule is CC(C)(C)OC=O.O=C(O)COCCCCc1nc(N2CCCC2)c2oc3ccccc3c2n1. The number of hydrogen-bond acceptors (Lipinski definition) is 8. The number of anilines is 1. The molecule has 0 aliphatic carbocycles. The van der Waals surface area contributed by atoms with Crippen molar-refractivity contribution in [2.24, 2.45) is 0 Å². The second kappa shape index (κ2) is 11.8. The number of carbonyl (C=O) groups excluding carboxylic acids is 1. The van der Waals surface area contributed by atoms with Crippen molar-refractivity contribution in [2.75, 3.05) is 31.2 Å². The fourth-order valence-corrected chi connectivity index (χ4v) is 3.67. The first kappa shape index (κ1) is 25.4. The average molecular weight is 472 g/mol. The van der Waals surface area contributed by atoms with Crippen molar-refractivity contribution in [2.45, 2.75) is 58.5 Å². The number of carboxylic acids is 1. The summed E-state index contributed by atoms with van der Waals surface area (Å²) < 4.78 is 15.7. The van der Waals surface area contributed by atoms with Gasteiger partial charge in [-0.3, -0.25) is 4.79 Å². The van der Waals surface area contributed by atoms with Gasteiger partial charge in [0, 0.05) is 31.5 Å². The lowest BCUT2D eigenvalue weighted by Crippen LogP contribution is -2.20. The van der Waals surface area contributed by atoms with Crippen molar-refractivity contribution in [1.29, 1.82) is 0 Å². The first-order valence-electron chi connectivity index (χ1n) is 11.6. The second-order valence-electron chi connectivity index (χ2n) is 9.16. The molecule has 1 aliphatic rings. The fourth-order valence-electron chi connectivity index (χ4n) is 3.67. The van der Waals surface area contributed by atoms with E-state index in [2.05, 4.69) is 9.64 Å². The molecule has 2 aromatic heterocycles. The number of aryl methyl sites for hydroxylation is 1. The van der Waals surface area contributed by atoms with Gasteiger partial charge in [-0.15, -0.1) is 0 Å². The van der Waals surface area contributed by atoms with Crippen LogP contribution in [0.5, 0.6) is 0 Å². The van der Waals surface area contributed by atoms with Gasteiger partial charge in [0.2, 0.25) is 0 Å². The molecular weight excluding hydrogens is 438 g/mol. The van der Waals surface area contributed by atoms with E-state index in [0.717, 1.165) is 66.1 Å². The number of ether oxygens (including phenoxy) is 2. The van der Waals surface area contributed by atoms with E-state index in [1.165, 1.54) is 12.8 Å².